The first-order valence-electron chi connectivity index (χ1n) is 5.41. The largest absolute Gasteiger partial charge is 0.481 e. The van der Waals surface area contributed by atoms with Gasteiger partial charge in [-0.1, -0.05) is 6.92 Å². The van der Waals surface area contributed by atoms with Crippen LogP contribution in [0.25, 0.3) is 0 Å². The zero-order chi connectivity index (χ0) is 10.8. The molecule has 0 bridgehead atoms. The van der Waals surface area contributed by atoms with Crippen LogP contribution >= 0.6 is 11.3 Å². The summed E-state index contributed by atoms with van der Waals surface area (Å²) >= 11 is 1.59. The molecular weight excluding hydrogens is 210 g/mol. The molecule has 3 nitrogen and oxygen atoms in total. The number of aromatic nitrogens is 1. The van der Waals surface area contributed by atoms with E-state index in [4.69, 9.17) is 5.11 Å². The van der Waals surface area contributed by atoms with Crippen molar-refractivity contribution < 1.29 is 9.90 Å². The van der Waals surface area contributed by atoms with Gasteiger partial charge in [0.2, 0.25) is 0 Å². The first-order valence-corrected chi connectivity index (χ1v) is 6.22. The van der Waals surface area contributed by atoms with E-state index in [0.29, 0.717) is 5.92 Å². The summed E-state index contributed by atoms with van der Waals surface area (Å²) in [6.45, 7) is 2.12. The van der Waals surface area contributed by atoms with Crippen LogP contribution in [0.2, 0.25) is 0 Å². The van der Waals surface area contributed by atoms with Crippen molar-refractivity contribution in [2.75, 3.05) is 0 Å². The maximum atomic E-state index is 10.7. The van der Waals surface area contributed by atoms with Crippen LogP contribution in [0.4, 0.5) is 0 Å². The summed E-state index contributed by atoms with van der Waals surface area (Å²) in [4.78, 5) is 16.3. The number of hydrogen-bond donors (Lipinski definition) is 1. The minimum Gasteiger partial charge on any atom is -0.481 e. The van der Waals surface area contributed by atoms with Crippen LogP contribution in [0.15, 0.2) is 0 Å². The third-order valence-electron chi connectivity index (χ3n) is 2.51. The van der Waals surface area contributed by atoms with Crippen molar-refractivity contribution in [3.05, 3.63) is 15.6 Å². The Kier molecular flexibility index (Phi) is 3.05. The SMILES string of the molecule is CCCc1nc(C2CC2)c(CC(=O)O)s1. The molecule has 1 aromatic heterocycles. The lowest BCUT2D eigenvalue weighted by Gasteiger charge is -1.95. The van der Waals surface area contributed by atoms with E-state index in [9.17, 15) is 4.79 Å². The minimum absolute atomic E-state index is 0.146. The molecule has 0 unspecified atom stereocenters. The molecule has 0 aliphatic heterocycles. The second-order valence-electron chi connectivity index (χ2n) is 4.01. The predicted octanol–water partition coefficient (Wildman–Crippen LogP) is 2.60. The lowest BCUT2D eigenvalue weighted by atomic mass is 10.2. The number of carboxylic acid groups (broad SMARTS) is 1. The van der Waals surface area contributed by atoms with Crippen molar-refractivity contribution in [2.24, 2.45) is 0 Å². The summed E-state index contributed by atoms with van der Waals surface area (Å²) in [7, 11) is 0. The van der Waals surface area contributed by atoms with E-state index in [2.05, 4.69) is 11.9 Å². The molecule has 4 heteroatoms. The third kappa shape index (κ3) is 2.56. The second kappa shape index (κ2) is 4.31. The summed E-state index contributed by atoms with van der Waals surface area (Å²) < 4.78 is 0. The molecule has 2 rings (SSSR count). The van der Waals surface area contributed by atoms with Gasteiger partial charge in [-0.3, -0.25) is 4.79 Å². The van der Waals surface area contributed by atoms with Gasteiger partial charge in [-0.25, -0.2) is 4.98 Å². The molecule has 0 spiro atoms. The molecule has 1 saturated carbocycles. The number of hydrogen-bond acceptors (Lipinski definition) is 3. The molecule has 1 aliphatic carbocycles. The van der Waals surface area contributed by atoms with Crippen molar-refractivity contribution in [1.29, 1.82) is 0 Å². The Labute approximate surface area is 93.2 Å². The fraction of sp³-hybridized carbons (Fsp3) is 0.636. The van der Waals surface area contributed by atoms with Crippen LogP contribution in [0.1, 0.15) is 47.7 Å². The minimum atomic E-state index is -0.747. The van der Waals surface area contributed by atoms with E-state index >= 15 is 0 Å². The average Bonchev–Trinajstić information content (AvgIpc) is 2.91. The smallest absolute Gasteiger partial charge is 0.308 e. The zero-order valence-corrected chi connectivity index (χ0v) is 9.64. The van der Waals surface area contributed by atoms with E-state index in [0.717, 1.165) is 28.4 Å². The van der Waals surface area contributed by atoms with E-state index in [1.807, 2.05) is 0 Å². The number of thiazole rings is 1. The average molecular weight is 225 g/mol. The Morgan fingerprint density at radius 1 is 1.60 bits per heavy atom. The number of nitrogens with zero attached hydrogens (tertiary/aromatic N) is 1. The Hall–Kier alpha value is -0.900. The van der Waals surface area contributed by atoms with E-state index in [1.54, 1.807) is 11.3 Å². The van der Waals surface area contributed by atoms with E-state index in [-0.39, 0.29) is 6.42 Å². The van der Waals surface area contributed by atoms with Gasteiger partial charge in [0.25, 0.3) is 0 Å². The molecule has 0 atom stereocenters. The number of rotatable bonds is 5. The van der Waals surface area contributed by atoms with Crippen molar-refractivity contribution in [3.63, 3.8) is 0 Å². The Balaban J connectivity index is 2.20. The molecule has 1 heterocycles. The topological polar surface area (TPSA) is 50.2 Å². The number of aryl methyl sites for hydroxylation is 1. The first kappa shape index (κ1) is 10.6. The highest BCUT2D eigenvalue weighted by Gasteiger charge is 2.29. The molecule has 82 valence electrons. The highest BCUT2D eigenvalue weighted by atomic mass is 32.1. The standard InChI is InChI=1S/C11H15NO2S/c1-2-3-9-12-11(7-4-5-7)8(15-9)6-10(13)14/h7H,2-6H2,1H3,(H,13,14). The van der Waals surface area contributed by atoms with Crippen molar-refractivity contribution in [2.45, 2.75) is 44.9 Å². The lowest BCUT2D eigenvalue weighted by Crippen LogP contribution is -2.00. The van der Waals surface area contributed by atoms with Gasteiger partial charge in [-0.15, -0.1) is 11.3 Å². The molecule has 1 aromatic rings. The molecule has 1 N–H and O–H groups in total. The van der Waals surface area contributed by atoms with Gasteiger partial charge >= 0.3 is 5.97 Å². The van der Waals surface area contributed by atoms with Crippen LogP contribution in [0, 0.1) is 0 Å². The molecule has 0 saturated heterocycles. The maximum Gasteiger partial charge on any atom is 0.308 e. The van der Waals surface area contributed by atoms with Gasteiger partial charge in [-0.05, 0) is 25.7 Å². The quantitative estimate of drug-likeness (QED) is 0.838. The molecule has 0 amide bonds. The maximum absolute atomic E-state index is 10.7. The molecule has 0 aromatic carbocycles. The molecular formula is C11H15NO2S. The van der Waals surface area contributed by atoms with Crippen LogP contribution in [-0.4, -0.2) is 16.1 Å². The molecule has 0 radical (unpaired) electrons. The van der Waals surface area contributed by atoms with Gasteiger partial charge in [0.05, 0.1) is 17.1 Å². The highest BCUT2D eigenvalue weighted by molar-refractivity contribution is 7.11. The van der Waals surface area contributed by atoms with Crippen molar-refractivity contribution in [1.82, 2.24) is 4.98 Å². The Morgan fingerprint density at radius 2 is 2.33 bits per heavy atom. The molecule has 1 fully saturated rings. The van der Waals surface area contributed by atoms with Gasteiger partial charge in [0, 0.05) is 10.8 Å². The summed E-state index contributed by atoms with van der Waals surface area (Å²) in [6.07, 6.45) is 4.56. The highest BCUT2D eigenvalue weighted by Crippen LogP contribution is 2.42. The normalized spacial score (nSPS) is 15.5. The van der Waals surface area contributed by atoms with Crippen molar-refractivity contribution >= 4 is 17.3 Å². The Bertz CT molecular complexity index is 369. The fourth-order valence-electron chi connectivity index (χ4n) is 1.67. The lowest BCUT2D eigenvalue weighted by molar-refractivity contribution is -0.136. The van der Waals surface area contributed by atoms with Crippen LogP contribution in [-0.2, 0) is 17.6 Å². The van der Waals surface area contributed by atoms with Gasteiger partial charge in [0.1, 0.15) is 0 Å². The van der Waals surface area contributed by atoms with E-state index < -0.39 is 5.97 Å². The van der Waals surface area contributed by atoms with Gasteiger partial charge in [-0.2, -0.15) is 0 Å². The van der Waals surface area contributed by atoms with Gasteiger partial charge in [0.15, 0.2) is 0 Å². The molecule has 15 heavy (non-hydrogen) atoms. The van der Waals surface area contributed by atoms with Crippen LogP contribution in [0.5, 0.6) is 0 Å². The zero-order valence-electron chi connectivity index (χ0n) is 8.82. The summed E-state index contributed by atoms with van der Waals surface area (Å²) in [5.41, 5.74) is 1.07. The number of aliphatic carboxylic acids is 1. The monoisotopic (exact) mass is 225 g/mol. The van der Waals surface area contributed by atoms with Crippen LogP contribution in [0.3, 0.4) is 0 Å². The Morgan fingerprint density at radius 3 is 2.87 bits per heavy atom. The fourth-order valence-corrected chi connectivity index (χ4v) is 2.92. The summed E-state index contributed by atoms with van der Waals surface area (Å²) in [6, 6.07) is 0. The first-order chi connectivity index (χ1) is 7.20. The third-order valence-corrected chi connectivity index (χ3v) is 3.64. The van der Waals surface area contributed by atoms with Crippen LogP contribution < -0.4 is 0 Å². The van der Waals surface area contributed by atoms with Crippen molar-refractivity contribution in [3.8, 4) is 0 Å². The second-order valence-corrected chi connectivity index (χ2v) is 5.18. The van der Waals surface area contributed by atoms with Gasteiger partial charge < -0.3 is 5.11 Å². The predicted molar refractivity (Wildman–Crippen MR) is 59.4 cm³/mol. The summed E-state index contributed by atoms with van der Waals surface area (Å²) in [5.74, 6) is -0.190. The summed E-state index contributed by atoms with van der Waals surface area (Å²) in [5, 5.41) is 9.92. The van der Waals surface area contributed by atoms with E-state index in [1.165, 1.54) is 12.8 Å². The number of carboxylic acids is 1. The number of carbonyl (C=O) groups is 1. The molecule has 1 aliphatic rings.